The molecule has 4 aliphatic rings. The van der Waals surface area contributed by atoms with Crippen LogP contribution in [-0.2, 0) is 22.5 Å². The van der Waals surface area contributed by atoms with Crippen molar-refractivity contribution in [1.82, 2.24) is 0 Å². The molecular weight excluding hydrogens is 372 g/mol. The summed E-state index contributed by atoms with van der Waals surface area (Å²) in [4.78, 5) is 0. The first-order valence-electron chi connectivity index (χ1n) is 11.5. The van der Waals surface area contributed by atoms with Gasteiger partial charge < -0.3 is 14.2 Å². The van der Waals surface area contributed by atoms with E-state index in [0.717, 1.165) is 31.8 Å². The molecule has 1 saturated heterocycles. The number of fused-ring (bicyclic) bond motifs is 6. The molecule has 156 valence electrons. The zero-order valence-electron chi connectivity index (χ0n) is 17.7. The summed E-state index contributed by atoms with van der Waals surface area (Å²) in [6.07, 6.45) is 9.39. The Hall–Kier alpha value is -2.10. The fourth-order valence-corrected chi connectivity index (χ4v) is 6.68. The van der Waals surface area contributed by atoms with Crippen LogP contribution in [0.1, 0.15) is 48.8 Å². The summed E-state index contributed by atoms with van der Waals surface area (Å²) in [5.74, 6) is 2.37. The maximum Gasteiger partial charge on any atom is 0.193 e. The van der Waals surface area contributed by atoms with E-state index in [2.05, 4.69) is 61.5 Å². The van der Waals surface area contributed by atoms with Crippen molar-refractivity contribution >= 4 is 0 Å². The molecule has 0 amide bonds. The van der Waals surface area contributed by atoms with Crippen LogP contribution in [0.3, 0.4) is 0 Å². The molecule has 30 heavy (non-hydrogen) atoms. The molecule has 2 fully saturated rings. The molecule has 6 rings (SSSR count). The first-order valence-corrected chi connectivity index (χ1v) is 11.5. The third-order valence-corrected chi connectivity index (χ3v) is 8.23. The number of hydrogen-bond acceptors (Lipinski definition) is 3. The van der Waals surface area contributed by atoms with E-state index in [0.29, 0.717) is 24.4 Å². The monoisotopic (exact) mass is 402 g/mol. The van der Waals surface area contributed by atoms with Gasteiger partial charge in [0.05, 0.1) is 13.2 Å². The van der Waals surface area contributed by atoms with Crippen molar-refractivity contribution in [3.63, 3.8) is 0 Å². The summed E-state index contributed by atoms with van der Waals surface area (Å²) >= 11 is 0. The van der Waals surface area contributed by atoms with E-state index in [1.165, 1.54) is 24.0 Å². The first kappa shape index (κ1) is 18.7. The lowest BCUT2D eigenvalue weighted by Gasteiger charge is -2.52. The Kier molecular flexibility index (Phi) is 4.33. The number of allylic oxidation sites excluding steroid dienone is 1. The Labute approximate surface area is 179 Å². The highest BCUT2D eigenvalue weighted by molar-refractivity contribution is 5.42. The van der Waals surface area contributed by atoms with Gasteiger partial charge in [0.15, 0.2) is 5.79 Å². The maximum atomic E-state index is 6.18. The summed E-state index contributed by atoms with van der Waals surface area (Å²) in [7, 11) is 0. The minimum Gasteiger partial charge on any atom is -0.489 e. The van der Waals surface area contributed by atoms with Crippen molar-refractivity contribution in [2.24, 2.45) is 17.3 Å². The third kappa shape index (κ3) is 2.72. The molecule has 3 unspecified atom stereocenters. The molecule has 1 saturated carbocycles. The van der Waals surface area contributed by atoms with Gasteiger partial charge in [0.25, 0.3) is 0 Å². The van der Waals surface area contributed by atoms with Gasteiger partial charge in [-0.05, 0) is 78.3 Å². The van der Waals surface area contributed by atoms with Gasteiger partial charge in [0, 0.05) is 5.41 Å². The quantitative estimate of drug-likeness (QED) is 0.622. The highest BCUT2D eigenvalue weighted by atomic mass is 16.7. The molecule has 1 aliphatic heterocycles. The Balaban J connectivity index is 1.22. The van der Waals surface area contributed by atoms with E-state index in [1.54, 1.807) is 5.56 Å². The summed E-state index contributed by atoms with van der Waals surface area (Å²) in [6, 6.07) is 17.2. The zero-order valence-corrected chi connectivity index (χ0v) is 17.7. The number of hydrogen-bond donors (Lipinski definition) is 0. The molecule has 0 aromatic heterocycles. The van der Waals surface area contributed by atoms with Gasteiger partial charge in [-0.15, -0.1) is 0 Å². The first-order chi connectivity index (χ1) is 14.7. The Bertz CT molecular complexity index is 959. The van der Waals surface area contributed by atoms with Gasteiger partial charge >= 0.3 is 0 Å². The van der Waals surface area contributed by atoms with Gasteiger partial charge in [-0.1, -0.05) is 49.4 Å². The summed E-state index contributed by atoms with van der Waals surface area (Å²) < 4.78 is 18.5. The van der Waals surface area contributed by atoms with Crippen molar-refractivity contribution in [3.05, 3.63) is 77.4 Å². The maximum absolute atomic E-state index is 6.18. The zero-order chi connectivity index (χ0) is 20.2. The van der Waals surface area contributed by atoms with Crippen molar-refractivity contribution in [3.8, 4) is 5.75 Å². The highest BCUT2D eigenvalue weighted by Crippen LogP contribution is 2.63. The van der Waals surface area contributed by atoms with E-state index in [1.807, 2.05) is 6.07 Å². The van der Waals surface area contributed by atoms with Crippen LogP contribution < -0.4 is 4.74 Å². The minimum atomic E-state index is -0.474. The molecule has 1 heterocycles. The smallest absolute Gasteiger partial charge is 0.193 e. The van der Waals surface area contributed by atoms with E-state index in [4.69, 9.17) is 14.2 Å². The lowest BCUT2D eigenvalue weighted by atomic mass is 9.54. The van der Waals surface area contributed by atoms with Gasteiger partial charge in [-0.2, -0.15) is 0 Å². The lowest BCUT2D eigenvalue weighted by molar-refractivity contribution is -0.215. The third-order valence-electron chi connectivity index (χ3n) is 8.23. The van der Waals surface area contributed by atoms with Crippen LogP contribution >= 0.6 is 0 Å². The molecule has 0 bridgehead atoms. The second-order valence-corrected chi connectivity index (χ2v) is 9.65. The molecule has 0 N–H and O–H groups in total. The lowest BCUT2D eigenvalue weighted by Crippen LogP contribution is -2.52. The van der Waals surface area contributed by atoms with Crippen LogP contribution in [0.15, 0.2) is 60.7 Å². The van der Waals surface area contributed by atoms with Crippen LogP contribution in [0.2, 0.25) is 0 Å². The average Bonchev–Trinajstić information content (AvgIpc) is 3.38. The second-order valence-electron chi connectivity index (χ2n) is 9.65. The molecule has 2 aromatic rings. The van der Waals surface area contributed by atoms with Crippen molar-refractivity contribution in [2.75, 3.05) is 13.2 Å². The predicted molar refractivity (Wildman–Crippen MR) is 116 cm³/mol. The van der Waals surface area contributed by atoms with Crippen LogP contribution in [0, 0.1) is 17.3 Å². The number of benzene rings is 2. The fraction of sp³-hybridized carbons (Fsp3) is 0.481. The molecule has 4 atom stereocenters. The Morgan fingerprint density at radius 3 is 2.70 bits per heavy atom. The molecule has 1 spiro atoms. The van der Waals surface area contributed by atoms with E-state index in [9.17, 15) is 0 Å². The van der Waals surface area contributed by atoms with E-state index < -0.39 is 5.79 Å². The summed E-state index contributed by atoms with van der Waals surface area (Å²) in [5.41, 5.74) is 4.31. The number of aryl methyl sites for hydroxylation is 1. The van der Waals surface area contributed by atoms with Gasteiger partial charge in [-0.3, -0.25) is 0 Å². The van der Waals surface area contributed by atoms with Crippen LogP contribution in [0.5, 0.6) is 5.75 Å². The fourth-order valence-electron chi connectivity index (χ4n) is 6.68. The molecule has 3 heteroatoms. The SMILES string of the molecule is C[C@]12CCC3c4ccc(OCc5ccccc5)cc4CCC3C1C=CC21OCCO1. The molecule has 3 nitrogen and oxygen atoms in total. The largest absolute Gasteiger partial charge is 0.489 e. The number of rotatable bonds is 3. The van der Waals surface area contributed by atoms with Crippen LogP contribution in [-0.4, -0.2) is 19.0 Å². The van der Waals surface area contributed by atoms with Crippen molar-refractivity contribution in [2.45, 2.75) is 50.9 Å². The van der Waals surface area contributed by atoms with Crippen LogP contribution in [0.4, 0.5) is 0 Å². The van der Waals surface area contributed by atoms with Crippen LogP contribution in [0.25, 0.3) is 0 Å². The Morgan fingerprint density at radius 1 is 1.03 bits per heavy atom. The van der Waals surface area contributed by atoms with E-state index >= 15 is 0 Å². The molecule has 3 aliphatic carbocycles. The van der Waals surface area contributed by atoms with Gasteiger partial charge in [0.2, 0.25) is 0 Å². The Morgan fingerprint density at radius 2 is 1.87 bits per heavy atom. The topological polar surface area (TPSA) is 27.7 Å². The number of ether oxygens (including phenoxy) is 3. The molecule has 2 aromatic carbocycles. The summed E-state index contributed by atoms with van der Waals surface area (Å²) in [5, 5.41) is 0. The second kappa shape index (κ2) is 6.96. The minimum absolute atomic E-state index is 0.0703. The predicted octanol–water partition coefficient (Wildman–Crippen LogP) is 5.64. The standard InChI is InChI=1S/C27H30O3/c1-26-13-11-23-22-10-8-21(28-18-19-5-3-2-4-6-19)17-20(22)7-9-24(23)25(26)12-14-27(26)29-15-16-30-27/h2-6,8,10,12,14,17,23-25H,7,9,11,13,15-16,18H2,1H3/t23?,24?,25?,26-/m0/s1. The molecule has 0 radical (unpaired) electrons. The average molecular weight is 403 g/mol. The highest BCUT2D eigenvalue weighted by Gasteiger charge is 2.62. The molecular formula is C27H30O3. The van der Waals surface area contributed by atoms with Gasteiger partial charge in [-0.25, -0.2) is 0 Å². The normalized spacial score (nSPS) is 33.2. The van der Waals surface area contributed by atoms with Gasteiger partial charge in [0.1, 0.15) is 12.4 Å². The van der Waals surface area contributed by atoms with E-state index in [-0.39, 0.29) is 5.41 Å². The van der Waals surface area contributed by atoms with Crippen molar-refractivity contribution in [1.29, 1.82) is 0 Å². The van der Waals surface area contributed by atoms with Crippen molar-refractivity contribution < 1.29 is 14.2 Å². The summed E-state index contributed by atoms with van der Waals surface area (Å²) in [6.45, 7) is 4.46.